The van der Waals surface area contributed by atoms with Gasteiger partial charge in [0.25, 0.3) is 15.9 Å². The minimum Gasteiger partial charge on any atom is -0.497 e. The summed E-state index contributed by atoms with van der Waals surface area (Å²) in [5.41, 5.74) is 1.03. The zero-order chi connectivity index (χ0) is 33.1. The molecule has 1 fully saturated rings. The van der Waals surface area contributed by atoms with Crippen LogP contribution >= 0.6 is 0 Å². The molecule has 0 unspecified atom stereocenters. The van der Waals surface area contributed by atoms with Gasteiger partial charge in [-0.25, -0.2) is 16.8 Å². The van der Waals surface area contributed by atoms with Crippen LogP contribution in [0.2, 0.25) is 0 Å². The molecule has 2 aliphatic heterocycles. The van der Waals surface area contributed by atoms with Crippen LogP contribution in [-0.2, 0) is 30.3 Å². The van der Waals surface area contributed by atoms with Crippen molar-refractivity contribution in [3.8, 4) is 17.2 Å². The summed E-state index contributed by atoms with van der Waals surface area (Å²) >= 11 is 0. The van der Waals surface area contributed by atoms with Gasteiger partial charge in [-0.2, -0.15) is 4.31 Å². The molecule has 0 aromatic heterocycles. The van der Waals surface area contributed by atoms with Gasteiger partial charge in [-0.15, -0.1) is 0 Å². The summed E-state index contributed by atoms with van der Waals surface area (Å²) in [6.07, 6.45) is 1.65. The Labute approximate surface area is 271 Å². The number of carbonyl (C=O) groups excluding carboxylic acids is 1. The van der Waals surface area contributed by atoms with Gasteiger partial charge in [-0.3, -0.25) is 9.10 Å². The monoisotopic (exact) mass is 671 g/mol. The highest BCUT2D eigenvalue weighted by Gasteiger charge is 2.38. The number of nitrogens with one attached hydrogen (secondary N) is 1. The summed E-state index contributed by atoms with van der Waals surface area (Å²) in [4.78, 5) is 13.5. The third-order valence-corrected chi connectivity index (χ3v) is 11.8. The lowest BCUT2D eigenvalue weighted by molar-refractivity contribution is -0.127. The van der Waals surface area contributed by atoms with Gasteiger partial charge in [0.1, 0.15) is 23.9 Å². The predicted octanol–water partition coefficient (Wildman–Crippen LogP) is 4.32. The topological polar surface area (TPSA) is 132 Å². The number of fused-ring (bicyclic) bond motifs is 1. The quantitative estimate of drug-likeness (QED) is 0.316. The van der Waals surface area contributed by atoms with Crippen molar-refractivity contribution in [2.75, 3.05) is 44.2 Å². The van der Waals surface area contributed by atoms with E-state index in [1.807, 2.05) is 26.8 Å². The van der Waals surface area contributed by atoms with Gasteiger partial charge < -0.3 is 19.5 Å². The highest BCUT2D eigenvalue weighted by atomic mass is 32.2. The number of piperidine rings is 1. The first-order valence-corrected chi connectivity index (χ1v) is 18.2. The summed E-state index contributed by atoms with van der Waals surface area (Å²) < 4.78 is 73.3. The van der Waals surface area contributed by atoms with Gasteiger partial charge >= 0.3 is 0 Å². The van der Waals surface area contributed by atoms with Gasteiger partial charge in [0.15, 0.2) is 6.10 Å². The molecule has 0 radical (unpaired) electrons. The summed E-state index contributed by atoms with van der Waals surface area (Å²) in [7, 11) is -6.10. The lowest BCUT2D eigenvalue weighted by Gasteiger charge is -2.36. The van der Waals surface area contributed by atoms with E-state index in [1.165, 1.54) is 40.0 Å². The molecule has 2 aliphatic rings. The van der Waals surface area contributed by atoms with Crippen LogP contribution in [0.15, 0.2) is 76.5 Å². The summed E-state index contributed by atoms with van der Waals surface area (Å²) in [6, 6.07) is 17.7. The van der Waals surface area contributed by atoms with E-state index in [-0.39, 0.29) is 40.7 Å². The van der Waals surface area contributed by atoms with Gasteiger partial charge in [-0.1, -0.05) is 33.3 Å². The van der Waals surface area contributed by atoms with Crippen molar-refractivity contribution in [1.82, 2.24) is 9.62 Å². The number of hydrogen-bond donors (Lipinski definition) is 1. The first kappa shape index (κ1) is 33.6. The number of anilines is 1. The molecule has 3 aromatic carbocycles. The fourth-order valence-corrected chi connectivity index (χ4v) is 8.36. The predicted molar refractivity (Wildman–Crippen MR) is 175 cm³/mol. The molecule has 0 aliphatic carbocycles. The molecule has 0 spiro atoms. The smallest absolute Gasteiger partial charge is 0.264 e. The molecule has 46 heavy (non-hydrogen) atoms. The van der Waals surface area contributed by atoms with E-state index < -0.39 is 32.1 Å². The molecule has 3 aromatic rings. The molecular formula is C33H41N3O8S2. The normalized spacial score (nSPS) is 17.5. The molecule has 1 amide bonds. The Morgan fingerprint density at radius 1 is 0.870 bits per heavy atom. The van der Waals surface area contributed by atoms with Crippen molar-refractivity contribution in [3.63, 3.8) is 0 Å². The number of nitrogens with zero attached hydrogens (tertiary/aromatic N) is 2. The maximum Gasteiger partial charge on any atom is 0.264 e. The molecule has 13 heteroatoms. The standard InChI is InChI=1S/C33H41N3O8S2/c1-33(2,3)24-8-17-30-29(22-24)36(46(40,41)28-13-9-25(42-4)10-14-28)23-31(44-30)32(37)34-18-21-43-26-11-15-27(16-12-26)45(38,39)35-19-6-5-7-20-35/h8-17,22,31H,5-7,18-21,23H2,1-4H3,(H,34,37)/t31-/m0/s1. The molecule has 2 heterocycles. The van der Waals surface area contributed by atoms with Crippen molar-refractivity contribution >= 4 is 31.6 Å². The van der Waals surface area contributed by atoms with Gasteiger partial charge in [0.2, 0.25) is 10.0 Å². The van der Waals surface area contributed by atoms with Crippen LogP contribution in [0.1, 0.15) is 45.6 Å². The molecule has 1 N–H and O–H groups in total. The number of benzene rings is 3. The first-order chi connectivity index (χ1) is 21.8. The minimum absolute atomic E-state index is 0.0598. The second-order valence-electron chi connectivity index (χ2n) is 12.3. The van der Waals surface area contributed by atoms with Crippen LogP contribution in [0, 0.1) is 0 Å². The molecule has 1 saturated heterocycles. The fourth-order valence-electron chi connectivity index (χ4n) is 5.38. The SMILES string of the molecule is COc1ccc(S(=O)(=O)N2C[C@@H](C(=O)NCCOc3ccc(S(=O)(=O)N4CCCCC4)cc3)Oc3ccc(C(C)(C)C)cc32)cc1. The van der Waals surface area contributed by atoms with Crippen LogP contribution in [0.5, 0.6) is 17.2 Å². The molecule has 11 nitrogen and oxygen atoms in total. The lowest BCUT2D eigenvalue weighted by Crippen LogP contribution is -2.51. The molecule has 248 valence electrons. The highest BCUT2D eigenvalue weighted by Crippen LogP contribution is 2.40. The Bertz CT molecular complexity index is 1750. The van der Waals surface area contributed by atoms with E-state index in [1.54, 1.807) is 36.4 Å². The second kappa shape index (κ2) is 13.5. The Morgan fingerprint density at radius 3 is 2.09 bits per heavy atom. The number of amides is 1. The van der Waals surface area contributed by atoms with Crippen LogP contribution in [0.3, 0.4) is 0 Å². The van der Waals surface area contributed by atoms with E-state index in [9.17, 15) is 21.6 Å². The Kier molecular flexibility index (Phi) is 9.85. The van der Waals surface area contributed by atoms with E-state index in [4.69, 9.17) is 14.2 Å². The Hall–Kier alpha value is -3.81. The number of sulfonamides is 2. The maximum atomic E-state index is 13.9. The largest absolute Gasteiger partial charge is 0.497 e. The fraction of sp³-hybridized carbons (Fsp3) is 0.424. The number of rotatable bonds is 10. The number of hydrogen-bond acceptors (Lipinski definition) is 8. The van der Waals surface area contributed by atoms with Crippen LogP contribution in [0.4, 0.5) is 5.69 Å². The van der Waals surface area contributed by atoms with Crippen LogP contribution in [0.25, 0.3) is 0 Å². The van der Waals surface area contributed by atoms with Gasteiger partial charge in [0, 0.05) is 13.1 Å². The van der Waals surface area contributed by atoms with Crippen molar-refractivity contribution in [3.05, 3.63) is 72.3 Å². The third-order valence-electron chi connectivity index (χ3n) is 8.08. The zero-order valence-corrected chi connectivity index (χ0v) is 28.2. The number of methoxy groups -OCH3 is 1. The van der Waals surface area contributed by atoms with Crippen molar-refractivity contribution < 1.29 is 35.8 Å². The van der Waals surface area contributed by atoms with E-state index in [0.29, 0.717) is 30.3 Å². The van der Waals surface area contributed by atoms with Crippen LogP contribution < -0.4 is 23.8 Å². The van der Waals surface area contributed by atoms with Gasteiger partial charge in [0.05, 0.1) is 35.7 Å². The maximum absolute atomic E-state index is 13.9. The van der Waals surface area contributed by atoms with Gasteiger partial charge in [-0.05, 0) is 84.5 Å². The summed E-state index contributed by atoms with van der Waals surface area (Å²) in [5, 5.41) is 2.77. The third kappa shape index (κ3) is 7.26. The Morgan fingerprint density at radius 2 is 1.48 bits per heavy atom. The number of carbonyl (C=O) groups is 1. The molecule has 1 atom stereocenters. The summed E-state index contributed by atoms with van der Waals surface area (Å²) in [5.74, 6) is 0.773. The minimum atomic E-state index is -4.06. The van der Waals surface area contributed by atoms with Crippen molar-refractivity contribution in [2.45, 2.75) is 61.3 Å². The first-order valence-electron chi connectivity index (χ1n) is 15.3. The highest BCUT2D eigenvalue weighted by molar-refractivity contribution is 7.92. The van der Waals surface area contributed by atoms with Crippen molar-refractivity contribution in [2.24, 2.45) is 0 Å². The summed E-state index contributed by atoms with van der Waals surface area (Å²) in [6.45, 7) is 7.15. The van der Waals surface area contributed by atoms with E-state index in [0.717, 1.165) is 24.8 Å². The average molecular weight is 672 g/mol. The van der Waals surface area contributed by atoms with E-state index in [2.05, 4.69) is 5.32 Å². The Balaban J connectivity index is 1.25. The number of ether oxygens (including phenoxy) is 3. The average Bonchev–Trinajstić information content (AvgIpc) is 3.06. The second-order valence-corrected chi connectivity index (χ2v) is 16.1. The van der Waals surface area contributed by atoms with E-state index >= 15 is 0 Å². The molecule has 0 saturated carbocycles. The molecular weight excluding hydrogens is 631 g/mol. The molecule has 0 bridgehead atoms. The zero-order valence-electron chi connectivity index (χ0n) is 26.6. The lowest BCUT2D eigenvalue weighted by atomic mass is 9.86. The van der Waals surface area contributed by atoms with Crippen LogP contribution in [-0.4, -0.2) is 73.0 Å². The van der Waals surface area contributed by atoms with Crippen molar-refractivity contribution in [1.29, 1.82) is 0 Å². The molecule has 5 rings (SSSR count).